The number of aliphatic hydroxyl groups is 1. The SMILES string of the molecule is O[C@H]1c2ccccc2C=C[C@H]1c1ccccc1-c1ccccc1. The average molecular weight is 298 g/mol. The lowest BCUT2D eigenvalue weighted by atomic mass is 9.80. The first-order valence-corrected chi connectivity index (χ1v) is 7.94. The highest BCUT2D eigenvalue weighted by Crippen LogP contribution is 2.41. The van der Waals surface area contributed by atoms with E-state index in [1.807, 2.05) is 36.4 Å². The van der Waals surface area contributed by atoms with Crippen molar-refractivity contribution >= 4 is 6.08 Å². The Morgan fingerprint density at radius 2 is 1.30 bits per heavy atom. The number of benzene rings is 3. The summed E-state index contributed by atoms with van der Waals surface area (Å²) in [6.07, 6.45) is 3.73. The second-order valence-electron chi connectivity index (χ2n) is 5.91. The van der Waals surface area contributed by atoms with Crippen molar-refractivity contribution in [3.63, 3.8) is 0 Å². The molecule has 0 unspecified atom stereocenters. The van der Waals surface area contributed by atoms with E-state index in [0.717, 1.165) is 16.7 Å². The molecule has 0 aliphatic heterocycles. The summed E-state index contributed by atoms with van der Waals surface area (Å²) in [7, 11) is 0. The monoisotopic (exact) mass is 298 g/mol. The van der Waals surface area contributed by atoms with Crippen molar-refractivity contribution in [2.75, 3.05) is 0 Å². The number of fused-ring (bicyclic) bond motifs is 1. The first kappa shape index (κ1) is 14.0. The van der Waals surface area contributed by atoms with Crippen LogP contribution in [-0.2, 0) is 0 Å². The highest BCUT2D eigenvalue weighted by atomic mass is 16.3. The number of hydrogen-bond donors (Lipinski definition) is 1. The summed E-state index contributed by atoms with van der Waals surface area (Å²) >= 11 is 0. The molecule has 112 valence electrons. The molecule has 1 N–H and O–H groups in total. The maximum atomic E-state index is 10.9. The molecule has 0 fully saturated rings. The quantitative estimate of drug-likeness (QED) is 0.689. The van der Waals surface area contributed by atoms with Gasteiger partial charge in [0.15, 0.2) is 0 Å². The van der Waals surface area contributed by atoms with Gasteiger partial charge in [-0.05, 0) is 27.8 Å². The minimum absolute atomic E-state index is 0.0266. The molecule has 0 amide bonds. The third kappa shape index (κ3) is 2.49. The Bertz CT molecular complexity index is 849. The van der Waals surface area contributed by atoms with Gasteiger partial charge >= 0.3 is 0 Å². The van der Waals surface area contributed by atoms with E-state index in [4.69, 9.17) is 0 Å². The van der Waals surface area contributed by atoms with Gasteiger partial charge in [-0.1, -0.05) is 91.0 Å². The fraction of sp³-hybridized carbons (Fsp3) is 0.0909. The molecule has 1 nitrogen and oxygen atoms in total. The molecule has 0 aromatic heterocycles. The lowest BCUT2D eigenvalue weighted by molar-refractivity contribution is 0.160. The fourth-order valence-corrected chi connectivity index (χ4v) is 3.38. The van der Waals surface area contributed by atoms with Gasteiger partial charge in [0.2, 0.25) is 0 Å². The standard InChI is InChI=1S/C22H18O/c23-22-19-12-5-4-10-17(19)14-15-21(22)20-13-7-6-11-18(20)16-8-2-1-3-9-16/h1-15,21-23H/t21-,22-/m0/s1. The van der Waals surface area contributed by atoms with Gasteiger partial charge in [0, 0.05) is 5.92 Å². The lowest BCUT2D eigenvalue weighted by Crippen LogP contribution is -2.14. The van der Waals surface area contributed by atoms with Crippen LogP contribution < -0.4 is 0 Å². The average Bonchev–Trinajstić information content (AvgIpc) is 2.63. The molecule has 23 heavy (non-hydrogen) atoms. The van der Waals surface area contributed by atoms with Crippen LogP contribution in [0.5, 0.6) is 0 Å². The highest BCUT2D eigenvalue weighted by molar-refractivity contribution is 5.70. The molecule has 0 spiro atoms. The second-order valence-corrected chi connectivity index (χ2v) is 5.91. The van der Waals surface area contributed by atoms with E-state index in [9.17, 15) is 5.11 Å². The molecule has 4 rings (SSSR count). The highest BCUT2D eigenvalue weighted by Gasteiger charge is 2.27. The number of hydrogen-bond acceptors (Lipinski definition) is 1. The molecule has 1 aliphatic rings. The topological polar surface area (TPSA) is 20.2 Å². The van der Waals surface area contributed by atoms with Gasteiger partial charge in [-0.2, -0.15) is 0 Å². The van der Waals surface area contributed by atoms with Crippen molar-refractivity contribution in [2.45, 2.75) is 12.0 Å². The third-order valence-corrected chi connectivity index (χ3v) is 4.54. The maximum Gasteiger partial charge on any atom is 0.0899 e. The van der Waals surface area contributed by atoms with Crippen LogP contribution in [0.15, 0.2) is 84.9 Å². The predicted octanol–water partition coefficient (Wildman–Crippen LogP) is 5.20. The molecular weight excluding hydrogens is 280 g/mol. The van der Waals surface area contributed by atoms with Gasteiger partial charge in [-0.3, -0.25) is 0 Å². The molecule has 0 saturated carbocycles. The van der Waals surface area contributed by atoms with Gasteiger partial charge in [0.05, 0.1) is 6.10 Å². The molecule has 3 aromatic rings. The smallest absolute Gasteiger partial charge is 0.0899 e. The minimum atomic E-state index is -0.513. The van der Waals surface area contributed by atoms with Crippen molar-refractivity contribution in [3.05, 3.63) is 102 Å². The Balaban J connectivity index is 1.81. The molecule has 0 saturated heterocycles. The Labute approximate surface area is 136 Å². The fourth-order valence-electron chi connectivity index (χ4n) is 3.38. The van der Waals surface area contributed by atoms with Crippen molar-refractivity contribution in [2.24, 2.45) is 0 Å². The van der Waals surface area contributed by atoms with E-state index in [-0.39, 0.29) is 5.92 Å². The van der Waals surface area contributed by atoms with Crippen molar-refractivity contribution in [1.29, 1.82) is 0 Å². The summed E-state index contributed by atoms with van der Waals surface area (Å²) in [6.45, 7) is 0. The van der Waals surface area contributed by atoms with Crippen LogP contribution >= 0.6 is 0 Å². The van der Waals surface area contributed by atoms with Crippen LogP contribution in [0.3, 0.4) is 0 Å². The zero-order chi connectivity index (χ0) is 15.6. The van der Waals surface area contributed by atoms with E-state index in [1.54, 1.807) is 0 Å². The zero-order valence-electron chi connectivity index (χ0n) is 12.8. The van der Waals surface area contributed by atoms with E-state index in [0.29, 0.717) is 0 Å². The third-order valence-electron chi connectivity index (χ3n) is 4.54. The van der Waals surface area contributed by atoms with Crippen LogP contribution in [0.4, 0.5) is 0 Å². The number of aliphatic hydroxyl groups excluding tert-OH is 1. The summed E-state index contributed by atoms with van der Waals surface area (Å²) in [5, 5.41) is 10.9. The van der Waals surface area contributed by atoms with E-state index in [2.05, 4.69) is 54.6 Å². The normalized spacial score (nSPS) is 19.3. The Morgan fingerprint density at radius 3 is 2.13 bits per heavy atom. The van der Waals surface area contributed by atoms with Crippen LogP contribution in [0.1, 0.15) is 28.7 Å². The van der Waals surface area contributed by atoms with Crippen molar-refractivity contribution in [3.8, 4) is 11.1 Å². The first-order chi connectivity index (χ1) is 11.3. The van der Waals surface area contributed by atoms with E-state index in [1.165, 1.54) is 11.1 Å². The first-order valence-electron chi connectivity index (χ1n) is 7.94. The molecular formula is C22H18O. The molecule has 0 radical (unpaired) electrons. The van der Waals surface area contributed by atoms with E-state index < -0.39 is 6.10 Å². The largest absolute Gasteiger partial charge is 0.387 e. The van der Waals surface area contributed by atoms with Crippen LogP contribution in [-0.4, -0.2) is 5.11 Å². The van der Waals surface area contributed by atoms with E-state index >= 15 is 0 Å². The zero-order valence-corrected chi connectivity index (χ0v) is 12.8. The van der Waals surface area contributed by atoms with Crippen LogP contribution in [0.25, 0.3) is 17.2 Å². The Kier molecular flexibility index (Phi) is 3.57. The summed E-state index contributed by atoms with van der Waals surface area (Å²) in [4.78, 5) is 0. The summed E-state index contributed by atoms with van der Waals surface area (Å²) in [5.41, 5.74) is 5.64. The van der Waals surface area contributed by atoms with Crippen molar-refractivity contribution in [1.82, 2.24) is 0 Å². The summed E-state index contributed by atoms with van der Waals surface area (Å²) in [5.74, 6) is -0.0266. The maximum absolute atomic E-state index is 10.9. The van der Waals surface area contributed by atoms with Crippen LogP contribution in [0.2, 0.25) is 0 Å². The molecule has 2 atom stereocenters. The van der Waals surface area contributed by atoms with Crippen molar-refractivity contribution < 1.29 is 5.11 Å². The summed E-state index contributed by atoms with van der Waals surface area (Å²) in [6, 6.07) is 26.8. The van der Waals surface area contributed by atoms with Gasteiger partial charge in [-0.25, -0.2) is 0 Å². The molecule has 0 bridgehead atoms. The van der Waals surface area contributed by atoms with Crippen LogP contribution in [0, 0.1) is 0 Å². The Morgan fingerprint density at radius 1 is 0.652 bits per heavy atom. The molecule has 3 aromatic carbocycles. The van der Waals surface area contributed by atoms with Gasteiger partial charge in [-0.15, -0.1) is 0 Å². The van der Waals surface area contributed by atoms with Gasteiger partial charge in [0.25, 0.3) is 0 Å². The Hall–Kier alpha value is -2.64. The minimum Gasteiger partial charge on any atom is -0.387 e. The lowest BCUT2D eigenvalue weighted by Gasteiger charge is -2.27. The van der Waals surface area contributed by atoms with Gasteiger partial charge < -0.3 is 5.11 Å². The molecule has 1 heteroatoms. The molecule has 0 heterocycles. The summed E-state index contributed by atoms with van der Waals surface area (Å²) < 4.78 is 0. The van der Waals surface area contributed by atoms with Gasteiger partial charge in [0.1, 0.15) is 0 Å². The molecule has 1 aliphatic carbocycles. The number of rotatable bonds is 2. The second kappa shape index (κ2) is 5.86. The predicted molar refractivity (Wildman–Crippen MR) is 95.1 cm³/mol.